The predicted molar refractivity (Wildman–Crippen MR) is 121 cm³/mol. The lowest BCUT2D eigenvalue weighted by Gasteiger charge is -2.30. The molecule has 31 heavy (non-hydrogen) atoms. The fourth-order valence-corrected chi connectivity index (χ4v) is 6.15. The van der Waals surface area contributed by atoms with Crippen LogP contribution < -0.4 is 4.90 Å². The minimum atomic E-state index is -3.53. The number of aromatic nitrogens is 1. The molecule has 2 aromatic heterocycles. The Balaban J connectivity index is 1.55. The number of nitrogens with zero attached hydrogens (tertiary/aromatic N) is 3. The van der Waals surface area contributed by atoms with E-state index in [0.29, 0.717) is 31.1 Å². The highest BCUT2D eigenvalue weighted by molar-refractivity contribution is 7.89. The van der Waals surface area contributed by atoms with Crippen LogP contribution in [0.2, 0.25) is 0 Å². The third kappa shape index (κ3) is 4.30. The van der Waals surface area contributed by atoms with Crippen LogP contribution in [0.15, 0.2) is 51.3 Å². The topological polar surface area (TPSA) is 83.7 Å². The van der Waals surface area contributed by atoms with Crippen LogP contribution in [0.3, 0.4) is 0 Å². The van der Waals surface area contributed by atoms with Gasteiger partial charge in [-0.3, -0.25) is 4.79 Å². The van der Waals surface area contributed by atoms with Gasteiger partial charge in [0.2, 0.25) is 15.9 Å². The molecule has 3 heterocycles. The first kappa shape index (κ1) is 21.7. The van der Waals surface area contributed by atoms with Crippen LogP contribution in [0, 0.1) is 0 Å². The van der Waals surface area contributed by atoms with E-state index in [1.807, 2.05) is 25.3 Å². The molecule has 0 saturated heterocycles. The van der Waals surface area contributed by atoms with Crippen LogP contribution in [0.25, 0.3) is 10.8 Å². The van der Waals surface area contributed by atoms with Gasteiger partial charge in [-0.1, -0.05) is 13.8 Å². The van der Waals surface area contributed by atoms with Gasteiger partial charge in [0, 0.05) is 30.7 Å². The second-order valence-electron chi connectivity index (χ2n) is 7.33. The normalized spacial score (nSPS) is 14.1. The number of carbonyl (C=O) groups is 1. The lowest BCUT2D eigenvalue weighted by molar-refractivity contribution is -0.118. The number of thiazole rings is 1. The molecule has 0 radical (unpaired) electrons. The van der Waals surface area contributed by atoms with Gasteiger partial charge in [-0.15, -0.1) is 11.3 Å². The van der Waals surface area contributed by atoms with Gasteiger partial charge < -0.3 is 9.32 Å². The van der Waals surface area contributed by atoms with Crippen LogP contribution in [0.1, 0.15) is 31.5 Å². The Bertz CT molecular complexity index is 1170. The molecular formula is C22H25N3O4S2. The lowest BCUT2D eigenvalue weighted by Crippen LogP contribution is -2.37. The molecule has 1 aromatic carbocycles. The van der Waals surface area contributed by atoms with Crippen molar-refractivity contribution in [1.82, 2.24) is 9.29 Å². The van der Waals surface area contributed by atoms with Crippen LogP contribution in [-0.2, 0) is 27.7 Å². The van der Waals surface area contributed by atoms with Crippen LogP contribution in [0.4, 0.5) is 5.69 Å². The molecular weight excluding hydrogens is 434 g/mol. The van der Waals surface area contributed by atoms with Crippen molar-refractivity contribution in [3.05, 3.63) is 53.2 Å². The van der Waals surface area contributed by atoms with Gasteiger partial charge in [-0.25, -0.2) is 13.4 Å². The lowest BCUT2D eigenvalue weighted by atomic mass is 10.0. The summed E-state index contributed by atoms with van der Waals surface area (Å²) < 4.78 is 32.6. The zero-order chi connectivity index (χ0) is 22.0. The number of benzene rings is 1. The van der Waals surface area contributed by atoms with Crippen molar-refractivity contribution < 1.29 is 17.6 Å². The Morgan fingerprint density at radius 2 is 2.06 bits per heavy atom. The minimum Gasteiger partial charge on any atom is -0.462 e. The van der Waals surface area contributed by atoms with Crippen molar-refractivity contribution in [1.29, 1.82) is 0 Å². The molecule has 0 N–H and O–H groups in total. The monoisotopic (exact) mass is 459 g/mol. The zero-order valence-electron chi connectivity index (χ0n) is 17.6. The summed E-state index contributed by atoms with van der Waals surface area (Å²) in [5, 5.41) is 2.62. The van der Waals surface area contributed by atoms with Crippen LogP contribution in [0.5, 0.6) is 0 Å². The smallest absolute Gasteiger partial charge is 0.243 e. The maximum atomic E-state index is 13.0. The van der Waals surface area contributed by atoms with E-state index < -0.39 is 10.0 Å². The number of aryl methyl sites for hydroxylation is 1. The first-order valence-electron chi connectivity index (χ1n) is 10.4. The summed E-state index contributed by atoms with van der Waals surface area (Å²) in [6, 6.07) is 8.74. The standard InChI is InChI=1S/C22H25N3O4S2/c1-3-24(4-2)31(27,28)18-9-10-19-16(13-18)7-5-11-25(19)21(26)14-17-15-30-22(23-17)20-8-6-12-29-20/h6,8-10,12-13,15H,3-5,7,11,14H2,1-2H3. The number of amides is 1. The van der Waals surface area contributed by atoms with E-state index >= 15 is 0 Å². The highest BCUT2D eigenvalue weighted by atomic mass is 32.2. The molecule has 1 aliphatic rings. The molecule has 4 rings (SSSR count). The van der Waals surface area contributed by atoms with E-state index in [1.54, 1.807) is 35.4 Å². The van der Waals surface area contributed by atoms with E-state index in [9.17, 15) is 13.2 Å². The van der Waals surface area contributed by atoms with Crippen molar-refractivity contribution >= 4 is 33.0 Å². The predicted octanol–water partition coefficient (Wildman–Crippen LogP) is 3.96. The highest BCUT2D eigenvalue weighted by Gasteiger charge is 2.27. The highest BCUT2D eigenvalue weighted by Crippen LogP contribution is 2.31. The average Bonchev–Trinajstić information content (AvgIpc) is 3.45. The third-order valence-electron chi connectivity index (χ3n) is 5.43. The van der Waals surface area contributed by atoms with Crippen molar-refractivity contribution in [3.63, 3.8) is 0 Å². The summed E-state index contributed by atoms with van der Waals surface area (Å²) in [4.78, 5) is 19.6. The molecule has 7 nitrogen and oxygen atoms in total. The Kier molecular flexibility index (Phi) is 6.27. The van der Waals surface area contributed by atoms with E-state index in [-0.39, 0.29) is 17.2 Å². The molecule has 0 unspecified atom stereocenters. The van der Waals surface area contributed by atoms with Gasteiger partial charge in [0.25, 0.3) is 0 Å². The number of fused-ring (bicyclic) bond motifs is 1. The largest absolute Gasteiger partial charge is 0.462 e. The second kappa shape index (κ2) is 8.94. The average molecular weight is 460 g/mol. The van der Waals surface area contributed by atoms with Crippen LogP contribution in [-0.4, -0.2) is 43.2 Å². The fourth-order valence-electron chi connectivity index (χ4n) is 3.86. The van der Waals surface area contributed by atoms with Crippen molar-refractivity contribution in [2.24, 2.45) is 0 Å². The van der Waals surface area contributed by atoms with E-state index in [2.05, 4.69) is 4.98 Å². The summed E-state index contributed by atoms with van der Waals surface area (Å²) >= 11 is 1.45. The number of hydrogen-bond donors (Lipinski definition) is 0. The molecule has 1 aliphatic heterocycles. The molecule has 0 fully saturated rings. The Labute approximate surface area is 186 Å². The molecule has 0 saturated carbocycles. The van der Waals surface area contributed by atoms with Gasteiger partial charge in [-0.2, -0.15) is 4.31 Å². The van der Waals surface area contributed by atoms with Gasteiger partial charge in [0.05, 0.1) is 23.3 Å². The third-order valence-corrected chi connectivity index (χ3v) is 8.38. The number of furan rings is 1. The summed E-state index contributed by atoms with van der Waals surface area (Å²) in [5.74, 6) is 0.644. The number of hydrogen-bond acceptors (Lipinski definition) is 6. The summed E-state index contributed by atoms with van der Waals surface area (Å²) in [7, 11) is -3.53. The number of sulfonamides is 1. The first-order chi connectivity index (χ1) is 14.9. The van der Waals surface area contributed by atoms with Gasteiger partial charge in [0.15, 0.2) is 10.8 Å². The molecule has 0 bridgehead atoms. The Morgan fingerprint density at radius 3 is 2.77 bits per heavy atom. The van der Waals surface area contributed by atoms with E-state index in [0.717, 1.165) is 29.1 Å². The molecule has 9 heteroatoms. The summed E-state index contributed by atoms with van der Waals surface area (Å²) in [6.45, 7) is 5.12. The molecule has 0 atom stereocenters. The molecule has 164 valence electrons. The minimum absolute atomic E-state index is 0.0448. The second-order valence-corrected chi connectivity index (χ2v) is 10.1. The zero-order valence-corrected chi connectivity index (χ0v) is 19.2. The van der Waals surface area contributed by atoms with Gasteiger partial charge >= 0.3 is 0 Å². The molecule has 3 aromatic rings. The van der Waals surface area contributed by atoms with E-state index in [4.69, 9.17) is 4.42 Å². The van der Waals surface area contributed by atoms with Crippen LogP contribution >= 0.6 is 11.3 Å². The number of anilines is 1. The first-order valence-corrected chi connectivity index (χ1v) is 12.7. The van der Waals surface area contributed by atoms with Gasteiger partial charge in [0.1, 0.15) is 0 Å². The maximum Gasteiger partial charge on any atom is 0.243 e. The Hall–Kier alpha value is -2.49. The van der Waals surface area contributed by atoms with Crippen molar-refractivity contribution in [2.75, 3.05) is 24.5 Å². The molecule has 0 aliphatic carbocycles. The van der Waals surface area contributed by atoms with Crippen molar-refractivity contribution in [3.8, 4) is 10.8 Å². The summed E-state index contributed by atoms with van der Waals surface area (Å²) in [5.41, 5.74) is 2.38. The number of carbonyl (C=O) groups excluding carboxylic acids is 1. The quantitative estimate of drug-likeness (QED) is 0.534. The Morgan fingerprint density at radius 1 is 1.26 bits per heavy atom. The summed E-state index contributed by atoms with van der Waals surface area (Å²) in [6.07, 6.45) is 3.33. The molecule has 0 spiro atoms. The molecule has 1 amide bonds. The van der Waals surface area contributed by atoms with Crippen molar-refractivity contribution in [2.45, 2.75) is 38.0 Å². The maximum absolute atomic E-state index is 13.0. The fraction of sp³-hybridized carbons (Fsp3) is 0.364. The van der Waals surface area contributed by atoms with E-state index in [1.165, 1.54) is 15.6 Å². The van der Waals surface area contributed by atoms with Gasteiger partial charge in [-0.05, 0) is 48.7 Å². The number of rotatable bonds is 7. The SMILES string of the molecule is CCN(CC)S(=O)(=O)c1ccc2c(c1)CCCN2C(=O)Cc1csc(-c2ccco2)n1.